The van der Waals surface area contributed by atoms with Crippen LogP contribution in [0.4, 0.5) is 0 Å². The first-order valence-electron chi connectivity index (χ1n) is 10.8. The van der Waals surface area contributed by atoms with Crippen LogP contribution in [0, 0.1) is 3.57 Å². The van der Waals surface area contributed by atoms with Crippen molar-refractivity contribution in [1.29, 1.82) is 0 Å². The van der Waals surface area contributed by atoms with Crippen LogP contribution < -0.4 is 10.7 Å². The van der Waals surface area contributed by atoms with Crippen LogP contribution in [0.2, 0.25) is 0 Å². The number of carboxylic acids is 1. The van der Waals surface area contributed by atoms with Gasteiger partial charge in [-0.2, -0.15) is 0 Å². The molecule has 0 saturated carbocycles. The van der Waals surface area contributed by atoms with Crippen LogP contribution in [0.1, 0.15) is 33.2 Å². The quantitative estimate of drug-likeness (QED) is 0.280. The first kappa shape index (κ1) is 24.3. The van der Waals surface area contributed by atoms with E-state index in [-0.39, 0.29) is 29.1 Å². The summed E-state index contributed by atoms with van der Waals surface area (Å²) in [7, 11) is 0. The van der Waals surface area contributed by atoms with Crippen LogP contribution in [0.15, 0.2) is 77.7 Å². The lowest BCUT2D eigenvalue weighted by molar-refractivity contribution is -0.119. The number of aromatic amines is 1. The summed E-state index contributed by atoms with van der Waals surface area (Å²) in [5.41, 5.74) is 2.58. The van der Waals surface area contributed by atoms with E-state index in [1.807, 2.05) is 65.1 Å². The molecule has 0 radical (unpaired) electrons. The number of hydrogen-bond donors (Lipinski definition) is 3. The molecule has 0 aliphatic carbocycles. The van der Waals surface area contributed by atoms with Gasteiger partial charge in [0.25, 0.3) is 5.91 Å². The summed E-state index contributed by atoms with van der Waals surface area (Å²) in [4.78, 5) is 52.3. The Morgan fingerprint density at radius 3 is 2.29 bits per heavy atom. The summed E-state index contributed by atoms with van der Waals surface area (Å²) in [6.45, 7) is 1.61. The van der Waals surface area contributed by atoms with E-state index in [4.69, 9.17) is 0 Å². The second kappa shape index (κ2) is 10.2. The van der Waals surface area contributed by atoms with Gasteiger partial charge in [0.05, 0.1) is 16.9 Å². The smallest absolute Gasteiger partial charge is 0.341 e. The minimum absolute atomic E-state index is 0.0145. The van der Waals surface area contributed by atoms with E-state index in [2.05, 4.69) is 10.3 Å². The zero-order valence-electron chi connectivity index (χ0n) is 18.7. The standard InChI is InChI=1S/C27H21IN2O5/c1-15(30-26(33)18-9-7-17(8-10-18)16-5-3-2-4-6-16)22(31)13-19-11-12-21-23(24(19)28)25(32)20(14-29-21)27(34)35/h2-12,14-15H,13H2,1H3,(H,29,32)(H,30,33)(H,34,35)/t15-/m0/s1. The van der Waals surface area contributed by atoms with E-state index in [1.165, 1.54) is 0 Å². The van der Waals surface area contributed by atoms with Gasteiger partial charge in [-0.25, -0.2) is 4.79 Å². The van der Waals surface area contributed by atoms with Crippen molar-refractivity contribution in [2.24, 2.45) is 0 Å². The molecular weight excluding hydrogens is 559 g/mol. The van der Waals surface area contributed by atoms with E-state index >= 15 is 0 Å². The van der Waals surface area contributed by atoms with Crippen molar-refractivity contribution in [3.63, 3.8) is 0 Å². The van der Waals surface area contributed by atoms with Gasteiger partial charge in [-0.1, -0.05) is 48.5 Å². The minimum atomic E-state index is -1.32. The molecule has 1 amide bonds. The highest BCUT2D eigenvalue weighted by molar-refractivity contribution is 14.1. The molecule has 0 aliphatic rings. The molecule has 0 unspecified atom stereocenters. The number of Topliss-reactive ketones (excluding diaryl/α,β-unsaturated/α-hetero) is 1. The molecule has 0 spiro atoms. The Bertz CT molecular complexity index is 1490. The Kier molecular flexibility index (Phi) is 7.11. The molecule has 0 fully saturated rings. The number of carboxylic acid groups (broad SMARTS) is 1. The fraction of sp³-hybridized carbons (Fsp3) is 0.111. The van der Waals surface area contributed by atoms with E-state index in [0.29, 0.717) is 20.2 Å². The van der Waals surface area contributed by atoms with Crippen molar-refractivity contribution in [2.45, 2.75) is 19.4 Å². The third-order valence-corrected chi connectivity index (χ3v) is 6.98. The van der Waals surface area contributed by atoms with Crippen LogP contribution in [-0.4, -0.2) is 33.8 Å². The maximum atomic E-state index is 12.9. The number of pyridine rings is 1. The number of hydrogen-bond acceptors (Lipinski definition) is 4. The van der Waals surface area contributed by atoms with Gasteiger partial charge in [-0.15, -0.1) is 0 Å². The number of aromatic carboxylic acids is 1. The molecule has 0 saturated heterocycles. The maximum absolute atomic E-state index is 12.9. The van der Waals surface area contributed by atoms with E-state index in [9.17, 15) is 24.3 Å². The largest absolute Gasteiger partial charge is 0.477 e. The number of carbonyl (C=O) groups excluding carboxylic acids is 2. The highest BCUT2D eigenvalue weighted by Gasteiger charge is 2.20. The fourth-order valence-corrected chi connectivity index (χ4v) is 4.66. The van der Waals surface area contributed by atoms with Gasteiger partial charge in [0.15, 0.2) is 5.78 Å². The first-order chi connectivity index (χ1) is 16.8. The average molecular weight is 580 g/mol. The zero-order chi connectivity index (χ0) is 25.1. The summed E-state index contributed by atoms with van der Waals surface area (Å²) in [6, 6.07) is 19.6. The van der Waals surface area contributed by atoms with Gasteiger partial charge >= 0.3 is 5.97 Å². The molecule has 1 heterocycles. The molecule has 4 rings (SSSR count). The third kappa shape index (κ3) is 5.17. The molecular formula is C27H21IN2O5. The molecule has 7 nitrogen and oxygen atoms in total. The van der Waals surface area contributed by atoms with Crippen LogP contribution in [0.25, 0.3) is 22.0 Å². The van der Waals surface area contributed by atoms with Gasteiger partial charge in [-0.05, 0) is 64.4 Å². The molecule has 3 N–H and O–H groups in total. The summed E-state index contributed by atoms with van der Waals surface area (Å²) >= 11 is 1.95. The predicted molar refractivity (Wildman–Crippen MR) is 142 cm³/mol. The van der Waals surface area contributed by atoms with Crippen LogP contribution in [0.5, 0.6) is 0 Å². The lowest BCUT2D eigenvalue weighted by atomic mass is 10.0. The number of aromatic nitrogens is 1. The molecule has 4 aromatic rings. The molecule has 8 heteroatoms. The number of amides is 1. The molecule has 3 aromatic carbocycles. The van der Waals surface area contributed by atoms with E-state index in [1.54, 1.807) is 31.2 Å². The van der Waals surface area contributed by atoms with E-state index < -0.39 is 17.4 Å². The molecule has 176 valence electrons. The Hall–Kier alpha value is -3.79. The lowest BCUT2D eigenvalue weighted by Crippen LogP contribution is -2.39. The fourth-order valence-electron chi connectivity index (χ4n) is 3.75. The molecule has 1 aromatic heterocycles. The monoisotopic (exact) mass is 580 g/mol. The van der Waals surface area contributed by atoms with Gasteiger partial charge in [0.1, 0.15) is 5.56 Å². The number of benzene rings is 3. The molecule has 0 bridgehead atoms. The predicted octanol–water partition coefficient (Wildman–Crippen LogP) is 4.43. The summed E-state index contributed by atoms with van der Waals surface area (Å²) in [6.07, 6.45) is 1.15. The number of carbonyl (C=O) groups is 3. The van der Waals surface area contributed by atoms with Gasteiger partial charge in [-0.3, -0.25) is 14.4 Å². The van der Waals surface area contributed by atoms with Crippen molar-refractivity contribution in [3.8, 4) is 11.1 Å². The average Bonchev–Trinajstić information content (AvgIpc) is 2.86. The zero-order valence-corrected chi connectivity index (χ0v) is 20.8. The topological polar surface area (TPSA) is 116 Å². The Morgan fingerprint density at radius 1 is 0.971 bits per heavy atom. The second-order valence-corrected chi connectivity index (χ2v) is 9.16. The SMILES string of the molecule is C[C@H](NC(=O)c1ccc(-c2ccccc2)cc1)C(=O)Cc1ccc2[nH]cc(C(=O)O)c(=O)c2c1I. The summed E-state index contributed by atoms with van der Waals surface area (Å²) in [5, 5.41) is 12.2. The third-order valence-electron chi connectivity index (χ3n) is 5.75. The number of nitrogens with one attached hydrogen (secondary N) is 2. The van der Waals surface area contributed by atoms with Crippen LogP contribution in [-0.2, 0) is 11.2 Å². The Balaban J connectivity index is 1.48. The van der Waals surface area contributed by atoms with Crippen molar-refractivity contribution in [3.05, 3.63) is 103 Å². The highest BCUT2D eigenvalue weighted by atomic mass is 127. The number of fused-ring (bicyclic) bond motifs is 1. The van der Waals surface area contributed by atoms with Gasteiger partial charge in [0.2, 0.25) is 5.43 Å². The van der Waals surface area contributed by atoms with Gasteiger partial charge in [0, 0.05) is 21.8 Å². The van der Waals surface area contributed by atoms with Crippen molar-refractivity contribution < 1.29 is 19.5 Å². The van der Waals surface area contributed by atoms with Gasteiger partial charge < -0.3 is 15.4 Å². The van der Waals surface area contributed by atoms with Crippen molar-refractivity contribution in [2.75, 3.05) is 0 Å². The van der Waals surface area contributed by atoms with Crippen LogP contribution >= 0.6 is 22.6 Å². The first-order valence-corrected chi connectivity index (χ1v) is 11.9. The number of H-pyrrole nitrogens is 1. The maximum Gasteiger partial charge on any atom is 0.341 e. The van der Waals surface area contributed by atoms with Crippen LogP contribution in [0.3, 0.4) is 0 Å². The Morgan fingerprint density at radius 2 is 1.63 bits per heavy atom. The van der Waals surface area contributed by atoms with E-state index in [0.717, 1.165) is 17.3 Å². The molecule has 1 atom stereocenters. The lowest BCUT2D eigenvalue weighted by Gasteiger charge is -2.14. The summed E-state index contributed by atoms with van der Waals surface area (Å²) < 4.78 is 0.507. The normalized spacial score (nSPS) is 11.7. The second-order valence-electron chi connectivity index (χ2n) is 8.08. The number of rotatable bonds is 7. The minimum Gasteiger partial charge on any atom is -0.477 e. The highest BCUT2D eigenvalue weighted by Crippen LogP contribution is 2.22. The Labute approximate surface area is 214 Å². The number of ketones is 1. The molecule has 35 heavy (non-hydrogen) atoms. The van der Waals surface area contributed by atoms with Crippen molar-refractivity contribution >= 4 is 51.2 Å². The summed E-state index contributed by atoms with van der Waals surface area (Å²) in [5.74, 6) is -1.91. The molecule has 0 aliphatic heterocycles. The number of halogens is 1. The van der Waals surface area contributed by atoms with Crippen molar-refractivity contribution in [1.82, 2.24) is 10.3 Å².